The second-order valence-electron chi connectivity index (χ2n) is 7.47. The third-order valence-corrected chi connectivity index (χ3v) is 6.14. The summed E-state index contributed by atoms with van der Waals surface area (Å²) in [7, 11) is -2.63. The predicted molar refractivity (Wildman–Crippen MR) is 116 cm³/mol. The first-order valence-electron chi connectivity index (χ1n) is 9.91. The van der Waals surface area contributed by atoms with Crippen LogP contribution in [0.15, 0.2) is 47.4 Å². The third kappa shape index (κ3) is 6.51. The molecule has 0 aliphatic heterocycles. The van der Waals surface area contributed by atoms with Crippen molar-refractivity contribution in [2.24, 2.45) is 0 Å². The van der Waals surface area contributed by atoms with Gasteiger partial charge >= 0.3 is 5.97 Å². The van der Waals surface area contributed by atoms with E-state index in [0.29, 0.717) is 5.56 Å². The Morgan fingerprint density at radius 1 is 1.00 bits per heavy atom. The normalized spacial score (nSPS) is 13.3. The zero-order valence-corrected chi connectivity index (χ0v) is 19.3. The van der Waals surface area contributed by atoms with Gasteiger partial charge in [-0.25, -0.2) is 22.3 Å². The van der Waals surface area contributed by atoms with Crippen LogP contribution in [0.25, 0.3) is 0 Å². The summed E-state index contributed by atoms with van der Waals surface area (Å²) in [5.74, 6) is -1.75. The molecule has 0 saturated heterocycles. The highest BCUT2D eigenvalue weighted by molar-refractivity contribution is 7.89. The lowest BCUT2D eigenvalue weighted by Gasteiger charge is -2.19. The highest BCUT2D eigenvalue weighted by atomic mass is 32.2. The lowest BCUT2D eigenvalue weighted by Crippen LogP contribution is -2.37. The van der Waals surface area contributed by atoms with Crippen LogP contribution in [0.1, 0.15) is 49.7 Å². The number of benzene rings is 2. The number of sulfonamides is 1. The van der Waals surface area contributed by atoms with Crippen LogP contribution in [0.4, 0.5) is 4.39 Å². The third-order valence-electron chi connectivity index (χ3n) is 4.46. The molecule has 0 heterocycles. The smallest absolute Gasteiger partial charge is 0.338 e. The summed E-state index contributed by atoms with van der Waals surface area (Å²) in [6, 6.07) is 8.67. The molecule has 10 heteroatoms. The summed E-state index contributed by atoms with van der Waals surface area (Å²) < 4.78 is 50.9. The van der Waals surface area contributed by atoms with Crippen molar-refractivity contribution in [3.05, 3.63) is 59.4 Å². The van der Waals surface area contributed by atoms with Crippen molar-refractivity contribution in [2.45, 2.75) is 50.8 Å². The molecule has 2 atom stereocenters. The summed E-state index contributed by atoms with van der Waals surface area (Å²) in [6.07, 6.45) is -1.15. The van der Waals surface area contributed by atoms with E-state index in [4.69, 9.17) is 9.47 Å². The Labute approximate surface area is 187 Å². The molecule has 0 aliphatic rings. The van der Waals surface area contributed by atoms with Gasteiger partial charge in [-0.3, -0.25) is 4.79 Å². The quantitative estimate of drug-likeness (QED) is 0.550. The number of esters is 1. The molecule has 8 nitrogen and oxygen atoms in total. The molecular weight excluding hydrogens is 439 g/mol. The van der Waals surface area contributed by atoms with E-state index in [1.54, 1.807) is 32.9 Å². The van der Waals surface area contributed by atoms with E-state index in [0.717, 1.165) is 6.07 Å². The van der Waals surface area contributed by atoms with E-state index in [1.807, 2.05) is 0 Å². The highest BCUT2D eigenvalue weighted by Crippen LogP contribution is 2.25. The number of halogens is 1. The van der Waals surface area contributed by atoms with E-state index in [2.05, 4.69) is 10.0 Å². The van der Waals surface area contributed by atoms with E-state index in [-0.39, 0.29) is 28.1 Å². The summed E-state index contributed by atoms with van der Waals surface area (Å²) in [4.78, 5) is 24.8. The minimum absolute atomic E-state index is 0.0545. The lowest BCUT2D eigenvalue weighted by atomic mass is 10.1. The summed E-state index contributed by atoms with van der Waals surface area (Å²) in [6.45, 7) is 6.43. The maximum absolute atomic E-state index is 13.1. The Hall–Kier alpha value is -2.98. The van der Waals surface area contributed by atoms with Crippen molar-refractivity contribution in [1.29, 1.82) is 0 Å². The van der Waals surface area contributed by atoms with Crippen LogP contribution >= 0.6 is 0 Å². The molecule has 2 rings (SSSR count). The van der Waals surface area contributed by atoms with Gasteiger partial charge in [0, 0.05) is 6.04 Å². The highest BCUT2D eigenvalue weighted by Gasteiger charge is 2.25. The molecule has 174 valence electrons. The summed E-state index contributed by atoms with van der Waals surface area (Å²) >= 11 is 0. The van der Waals surface area contributed by atoms with Gasteiger partial charge in [-0.15, -0.1) is 0 Å². The molecular formula is C22H27FN2O6S. The number of hydrogen-bond donors (Lipinski definition) is 2. The number of nitrogens with one attached hydrogen (secondary N) is 2. The molecule has 1 amide bonds. The molecule has 2 unspecified atom stereocenters. The number of rotatable bonds is 9. The van der Waals surface area contributed by atoms with Crippen LogP contribution in [-0.2, 0) is 19.6 Å². The molecule has 0 aromatic heterocycles. The van der Waals surface area contributed by atoms with Crippen molar-refractivity contribution in [3.63, 3.8) is 0 Å². The van der Waals surface area contributed by atoms with Crippen LogP contribution in [0.5, 0.6) is 5.75 Å². The van der Waals surface area contributed by atoms with Gasteiger partial charge in [0.05, 0.1) is 18.7 Å². The van der Waals surface area contributed by atoms with Gasteiger partial charge in [-0.05, 0) is 63.6 Å². The second-order valence-corrected chi connectivity index (χ2v) is 9.15. The van der Waals surface area contributed by atoms with Crippen molar-refractivity contribution < 1.29 is 31.9 Å². The van der Waals surface area contributed by atoms with E-state index < -0.39 is 34.0 Å². The second kappa shape index (κ2) is 10.6. The molecule has 2 N–H and O–H groups in total. The van der Waals surface area contributed by atoms with Crippen LogP contribution < -0.4 is 14.8 Å². The minimum Gasteiger partial charge on any atom is -0.495 e. The predicted octanol–water partition coefficient (Wildman–Crippen LogP) is 2.94. The first-order valence-corrected chi connectivity index (χ1v) is 11.4. The molecule has 0 aliphatic carbocycles. The van der Waals surface area contributed by atoms with Crippen molar-refractivity contribution in [1.82, 2.24) is 10.0 Å². The fourth-order valence-electron chi connectivity index (χ4n) is 2.84. The zero-order chi connectivity index (χ0) is 24.1. The molecule has 0 fully saturated rings. The molecule has 2 aromatic rings. The molecule has 0 spiro atoms. The van der Waals surface area contributed by atoms with E-state index in [1.165, 1.54) is 38.3 Å². The van der Waals surface area contributed by atoms with E-state index >= 15 is 0 Å². The number of carbonyl (C=O) groups excluding carboxylic acids is 2. The van der Waals surface area contributed by atoms with Crippen LogP contribution in [-0.4, -0.2) is 39.5 Å². The fraction of sp³-hybridized carbons (Fsp3) is 0.364. The Morgan fingerprint density at radius 3 is 2.19 bits per heavy atom. The Kier molecular flexibility index (Phi) is 8.34. The van der Waals surface area contributed by atoms with Gasteiger partial charge in [0.25, 0.3) is 5.91 Å². The topological polar surface area (TPSA) is 111 Å². The monoisotopic (exact) mass is 466 g/mol. The molecule has 0 bridgehead atoms. The first-order chi connectivity index (χ1) is 14.9. The molecule has 32 heavy (non-hydrogen) atoms. The van der Waals surface area contributed by atoms with Crippen LogP contribution in [0, 0.1) is 5.82 Å². The maximum atomic E-state index is 13.1. The summed E-state index contributed by atoms with van der Waals surface area (Å²) in [5, 5.41) is 2.68. The van der Waals surface area contributed by atoms with Gasteiger partial charge < -0.3 is 14.8 Å². The maximum Gasteiger partial charge on any atom is 0.338 e. The SMILES string of the molecule is COc1ccc(C(=O)OC(C)C(=O)NC(C)c2ccc(F)cc2)cc1S(=O)(=O)NC(C)C. The zero-order valence-electron chi connectivity index (χ0n) is 18.5. The minimum atomic E-state index is -3.94. The van der Waals surface area contributed by atoms with Gasteiger partial charge in [-0.2, -0.15) is 0 Å². The van der Waals surface area contributed by atoms with Gasteiger partial charge in [0.2, 0.25) is 10.0 Å². The number of hydrogen-bond acceptors (Lipinski definition) is 6. The average Bonchev–Trinajstić information content (AvgIpc) is 2.72. The van der Waals surface area contributed by atoms with Crippen molar-refractivity contribution in [2.75, 3.05) is 7.11 Å². The molecule has 0 radical (unpaired) electrons. The largest absolute Gasteiger partial charge is 0.495 e. The summed E-state index contributed by atoms with van der Waals surface area (Å²) in [5.41, 5.74) is 0.627. The van der Waals surface area contributed by atoms with Gasteiger partial charge in [0.1, 0.15) is 16.5 Å². The van der Waals surface area contributed by atoms with Gasteiger partial charge in [0.15, 0.2) is 6.10 Å². The van der Waals surface area contributed by atoms with Gasteiger partial charge in [-0.1, -0.05) is 12.1 Å². The molecule has 2 aromatic carbocycles. The molecule has 0 saturated carbocycles. The Morgan fingerprint density at radius 2 is 1.62 bits per heavy atom. The Bertz CT molecular complexity index is 1070. The first kappa shape index (κ1) is 25.3. The van der Waals surface area contributed by atoms with Crippen molar-refractivity contribution in [3.8, 4) is 5.75 Å². The Balaban J connectivity index is 2.13. The number of methoxy groups -OCH3 is 1. The van der Waals surface area contributed by atoms with E-state index in [9.17, 15) is 22.4 Å². The number of ether oxygens (including phenoxy) is 2. The fourth-order valence-corrected chi connectivity index (χ4v) is 4.28. The number of carbonyl (C=O) groups is 2. The number of amides is 1. The average molecular weight is 467 g/mol. The van der Waals surface area contributed by atoms with Crippen LogP contribution in [0.2, 0.25) is 0 Å². The van der Waals surface area contributed by atoms with Crippen molar-refractivity contribution >= 4 is 21.9 Å². The standard InChI is InChI=1S/C22H27FN2O6S/c1-13(2)25-32(28,29)20-12-17(8-11-19(20)30-5)22(27)31-15(4)21(26)24-14(3)16-6-9-18(23)10-7-16/h6-15,25H,1-5H3,(H,24,26). The van der Waals surface area contributed by atoms with Crippen LogP contribution in [0.3, 0.4) is 0 Å². The lowest BCUT2D eigenvalue weighted by molar-refractivity contribution is -0.129.